The summed E-state index contributed by atoms with van der Waals surface area (Å²) in [7, 11) is 0. The zero-order valence-electron chi connectivity index (χ0n) is 9.66. The van der Waals surface area contributed by atoms with Gasteiger partial charge in [0.2, 0.25) is 0 Å². The molecule has 0 amide bonds. The third-order valence-electron chi connectivity index (χ3n) is 2.38. The van der Waals surface area contributed by atoms with Gasteiger partial charge in [0.15, 0.2) is 0 Å². The van der Waals surface area contributed by atoms with Crippen molar-refractivity contribution < 1.29 is 0 Å². The van der Waals surface area contributed by atoms with Crippen molar-refractivity contribution in [3.63, 3.8) is 0 Å². The van der Waals surface area contributed by atoms with Gasteiger partial charge in [0.05, 0.1) is 0 Å². The molecular formula is C14H18S. The molecule has 0 aromatic rings. The molecule has 1 rings (SSSR count). The Balaban J connectivity index is 3.09. The molecule has 0 saturated carbocycles. The predicted molar refractivity (Wildman–Crippen MR) is 71.7 cm³/mol. The highest BCUT2D eigenvalue weighted by Crippen LogP contribution is 2.35. The van der Waals surface area contributed by atoms with Gasteiger partial charge in [-0.25, -0.2) is 0 Å². The second-order valence-corrected chi connectivity index (χ2v) is 4.67. The number of thioether (sulfide) groups is 1. The number of rotatable bonds is 0. The fourth-order valence-corrected chi connectivity index (χ4v) is 2.56. The molecule has 0 fully saturated rings. The maximum absolute atomic E-state index is 4.02. The highest BCUT2D eigenvalue weighted by Gasteiger charge is 2.11. The highest BCUT2D eigenvalue weighted by molar-refractivity contribution is 8.07. The molecule has 0 bridgehead atoms. The zero-order valence-corrected chi connectivity index (χ0v) is 10.5. The van der Waals surface area contributed by atoms with Crippen LogP contribution in [0.1, 0.15) is 20.8 Å². The summed E-state index contributed by atoms with van der Waals surface area (Å²) in [6, 6.07) is 0. The van der Waals surface area contributed by atoms with Crippen LogP contribution in [0.5, 0.6) is 0 Å². The third kappa shape index (κ3) is 3.28. The van der Waals surface area contributed by atoms with Crippen LogP contribution in [0.15, 0.2) is 58.4 Å². The van der Waals surface area contributed by atoms with E-state index in [9.17, 15) is 0 Å². The molecule has 1 atom stereocenters. The van der Waals surface area contributed by atoms with E-state index in [0.717, 1.165) is 4.91 Å². The molecule has 0 N–H and O–H groups in total. The van der Waals surface area contributed by atoms with Crippen LogP contribution < -0.4 is 0 Å². The molecule has 0 nitrogen and oxygen atoms in total. The van der Waals surface area contributed by atoms with Gasteiger partial charge in [-0.05, 0) is 25.5 Å². The molecule has 0 spiro atoms. The molecule has 0 aromatic heterocycles. The molecule has 1 aliphatic rings. The van der Waals surface area contributed by atoms with Gasteiger partial charge in [0, 0.05) is 15.7 Å². The van der Waals surface area contributed by atoms with E-state index in [1.165, 1.54) is 10.5 Å². The first-order valence-electron chi connectivity index (χ1n) is 5.23. The number of hydrogen-bond acceptors (Lipinski definition) is 1. The highest BCUT2D eigenvalue weighted by atomic mass is 32.2. The van der Waals surface area contributed by atoms with Crippen molar-refractivity contribution in [1.29, 1.82) is 0 Å². The van der Waals surface area contributed by atoms with Gasteiger partial charge in [-0.2, -0.15) is 0 Å². The molecule has 1 aliphatic heterocycles. The van der Waals surface area contributed by atoms with Gasteiger partial charge in [0.25, 0.3) is 0 Å². The smallest absolute Gasteiger partial charge is 0.0114 e. The summed E-state index contributed by atoms with van der Waals surface area (Å²) in [6.07, 6.45) is 12.8. The Kier molecular flexibility index (Phi) is 4.70. The molecule has 80 valence electrons. The minimum Gasteiger partial charge on any atom is -0.0908 e. The van der Waals surface area contributed by atoms with E-state index in [-0.39, 0.29) is 0 Å². The molecule has 0 saturated heterocycles. The Labute approximate surface area is 97.2 Å². The van der Waals surface area contributed by atoms with E-state index in [1.54, 1.807) is 11.8 Å². The van der Waals surface area contributed by atoms with Crippen LogP contribution in [0.4, 0.5) is 0 Å². The monoisotopic (exact) mass is 218 g/mol. The van der Waals surface area contributed by atoms with Gasteiger partial charge < -0.3 is 0 Å². The van der Waals surface area contributed by atoms with Crippen molar-refractivity contribution in [3.8, 4) is 0 Å². The Morgan fingerprint density at radius 1 is 1.27 bits per heavy atom. The lowest BCUT2D eigenvalue weighted by Gasteiger charge is -2.14. The summed E-state index contributed by atoms with van der Waals surface area (Å²) in [5.41, 5.74) is 1.38. The summed E-state index contributed by atoms with van der Waals surface area (Å²) < 4.78 is 0. The fourth-order valence-electron chi connectivity index (χ4n) is 1.59. The van der Waals surface area contributed by atoms with Crippen molar-refractivity contribution in [2.75, 3.05) is 0 Å². The largest absolute Gasteiger partial charge is 0.0908 e. The first-order chi connectivity index (χ1) is 7.19. The maximum atomic E-state index is 4.02. The lowest BCUT2D eigenvalue weighted by Crippen LogP contribution is -1.97. The normalized spacial score (nSPS) is 32.2. The Morgan fingerprint density at radius 2 is 2.00 bits per heavy atom. The quantitative estimate of drug-likeness (QED) is 0.560. The predicted octanol–water partition coefficient (Wildman–Crippen LogP) is 4.85. The summed E-state index contributed by atoms with van der Waals surface area (Å²) in [5, 5.41) is 0. The van der Waals surface area contributed by atoms with Crippen LogP contribution in [0, 0.1) is 5.92 Å². The van der Waals surface area contributed by atoms with Crippen LogP contribution in [-0.2, 0) is 0 Å². The van der Waals surface area contributed by atoms with Crippen molar-refractivity contribution in [2.45, 2.75) is 20.8 Å². The maximum Gasteiger partial charge on any atom is 0.0114 e. The van der Waals surface area contributed by atoms with Crippen molar-refractivity contribution in [2.24, 2.45) is 5.92 Å². The van der Waals surface area contributed by atoms with Crippen molar-refractivity contribution in [1.82, 2.24) is 0 Å². The first-order valence-corrected chi connectivity index (χ1v) is 6.05. The minimum absolute atomic E-state index is 0.462. The van der Waals surface area contributed by atoms with Gasteiger partial charge >= 0.3 is 0 Å². The molecule has 1 heterocycles. The lowest BCUT2D eigenvalue weighted by molar-refractivity contribution is 0.884. The molecule has 0 aromatic carbocycles. The van der Waals surface area contributed by atoms with E-state index in [1.807, 2.05) is 0 Å². The van der Waals surface area contributed by atoms with E-state index in [0.29, 0.717) is 5.92 Å². The average Bonchev–Trinajstić information content (AvgIpc) is 2.29. The Morgan fingerprint density at radius 3 is 2.60 bits per heavy atom. The minimum atomic E-state index is 0.462. The number of allylic oxidation sites excluding steroid dienone is 7. The van der Waals surface area contributed by atoms with Crippen LogP contribution in [0.2, 0.25) is 0 Å². The Hall–Kier alpha value is -0.950. The topological polar surface area (TPSA) is 0 Å². The van der Waals surface area contributed by atoms with Crippen molar-refractivity contribution in [3.05, 3.63) is 58.4 Å². The van der Waals surface area contributed by atoms with E-state index in [4.69, 9.17) is 0 Å². The zero-order chi connectivity index (χ0) is 11.3. The summed E-state index contributed by atoms with van der Waals surface area (Å²) in [6.45, 7) is 10.4. The van der Waals surface area contributed by atoms with Crippen LogP contribution in [0.25, 0.3) is 0 Å². The molecule has 0 aliphatic carbocycles. The molecular weight excluding hydrogens is 200 g/mol. The molecule has 1 heteroatoms. The van der Waals surface area contributed by atoms with E-state index in [2.05, 4.69) is 63.8 Å². The van der Waals surface area contributed by atoms with Gasteiger partial charge in [-0.15, -0.1) is 0 Å². The van der Waals surface area contributed by atoms with Gasteiger partial charge in [-0.1, -0.05) is 55.6 Å². The standard InChI is InChI=1S/C14H18S/c1-5-13-11(3)9-7-8-10-12(4)15-14(13)6-2/h5-11H,4H2,1-3H3/b9-7-,10-8-,13-5-,14-6+. The van der Waals surface area contributed by atoms with Gasteiger partial charge in [-0.3, -0.25) is 0 Å². The molecule has 15 heavy (non-hydrogen) atoms. The fraction of sp³-hybridized carbons (Fsp3) is 0.286. The Bertz CT molecular complexity index is 354. The summed E-state index contributed by atoms with van der Waals surface area (Å²) in [4.78, 5) is 2.40. The third-order valence-corrected chi connectivity index (χ3v) is 3.47. The van der Waals surface area contributed by atoms with Crippen molar-refractivity contribution >= 4 is 11.8 Å². The summed E-state index contributed by atoms with van der Waals surface area (Å²) >= 11 is 1.74. The van der Waals surface area contributed by atoms with Gasteiger partial charge in [0.1, 0.15) is 0 Å². The SMILES string of the molecule is C=C1/C=C\C=C/C(C)C(=C/C)/C(=C\C)S1. The van der Waals surface area contributed by atoms with Crippen LogP contribution in [-0.4, -0.2) is 0 Å². The molecule has 0 radical (unpaired) electrons. The second-order valence-electron chi connectivity index (χ2n) is 3.50. The van der Waals surface area contributed by atoms with E-state index >= 15 is 0 Å². The van der Waals surface area contributed by atoms with Crippen LogP contribution in [0.3, 0.4) is 0 Å². The summed E-state index contributed by atoms with van der Waals surface area (Å²) in [5.74, 6) is 0.462. The van der Waals surface area contributed by atoms with E-state index < -0.39 is 0 Å². The lowest BCUT2D eigenvalue weighted by atomic mass is 9.99. The number of hydrogen-bond donors (Lipinski definition) is 0. The van der Waals surface area contributed by atoms with Crippen LogP contribution >= 0.6 is 11.8 Å². The average molecular weight is 218 g/mol. The molecule has 1 unspecified atom stereocenters. The first kappa shape index (κ1) is 12.1. The second kappa shape index (κ2) is 5.82.